The lowest BCUT2D eigenvalue weighted by Crippen LogP contribution is -2.27. The van der Waals surface area contributed by atoms with Crippen LogP contribution < -0.4 is 4.74 Å². The van der Waals surface area contributed by atoms with Gasteiger partial charge >= 0.3 is 0 Å². The minimum absolute atomic E-state index is 0.316. The molecule has 0 heterocycles. The first-order valence-corrected chi connectivity index (χ1v) is 6.63. The Kier molecular flexibility index (Phi) is 5.22. The van der Waals surface area contributed by atoms with Crippen LogP contribution in [0.4, 0.5) is 0 Å². The fraction of sp³-hybridized carbons (Fsp3) is 0.429. The molecule has 1 aromatic rings. The first kappa shape index (κ1) is 14.3. The maximum absolute atomic E-state index is 5.87. The zero-order valence-electron chi connectivity index (χ0n) is 10.6. The van der Waals surface area contributed by atoms with Crippen molar-refractivity contribution in [1.29, 1.82) is 0 Å². The Balaban J connectivity index is 2.57. The molecule has 0 aliphatic rings. The molecule has 0 aliphatic carbocycles. The average molecular weight is 299 g/mol. The summed E-state index contributed by atoms with van der Waals surface area (Å²) in [6.45, 7) is 8.62. The molecule has 0 amide bonds. The van der Waals surface area contributed by atoms with Crippen LogP contribution in [0.5, 0.6) is 5.75 Å². The first-order valence-electron chi connectivity index (χ1n) is 5.50. The third-order valence-electron chi connectivity index (χ3n) is 2.77. The van der Waals surface area contributed by atoms with Crippen LogP contribution in [0.2, 0.25) is 0 Å². The second-order valence-corrected chi connectivity index (χ2v) is 4.94. The molecule has 0 saturated heterocycles. The number of ether oxygens (including phenoxy) is 2. The summed E-state index contributed by atoms with van der Waals surface area (Å²) >= 11 is 3.40. The number of methoxy groups -OCH3 is 1. The minimum Gasteiger partial charge on any atom is -0.497 e. The van der Waals surface area contributed by atoms with Gasteiger partial charge in [-0.15, -0.1) is 0 Å². The molecule has 3 heteroatoms. The summed E-state index contributed by atoms with van der Waals surface area (Å²) < 4.78 is 11.0. The lowest BCUT2D eigenvalue weighted by Gasteiger charge is -2.27. The van der Waals surface area contributed by atoms with Gasteiger partial charge in [-0.1, -0.05) is 34.6 Å². The van der Waals surface area contributed by atoms with Crippen molar-refractivity contribution in [3.05, 3.63) is 42.0 Å². The van der Waals surface area contributed by atoms with Crippen molar-refractivity contribution >= 4 is 15.9 Å². The highest BCUT2D eigenvalue weighted by atomic mass is 79.9. The maximum atomic E-state index is 5.87. The predicted molar refractivity (Wildman–Crippen MR) is 74.8 cm³/mol. The van der Waals surface area contributed by atoms with E-state index in [4.69, 9.17) is 9.47 Å². The number of alkyl halides is 1. The highest BCUT2D eigenvalue weighted by Crippen LogP contribution is 2.23. The fourth-order valence-electron chi connectivity index (χ4n) is 1.25. The molecule has 0 fully saturated rings. The van der Waals surface area contributed by atoms with Crippen LogP contribution in [0.25, 0.3) is 0 Å². The molecule has 1 aromatic carbocycles. The summed E-state index contributed by atoms with van der Waals surface area (Å²) in [4.78, 5) is 0. The van der Waals surface area contributed by atoms with Crippen molar-refractivity contribution in [3.8, 4) is 5.75 Å². The van der Waals surface area contributed by atoms with E-state index in [0.717, 1.165) is 22.2 Å². The number of benzene rings is 1. The third kappa shape index (κ3) is 4.17. The van der Waals surface area contributed by atoms with Crippen LogP contribution in [0.15, 0.2) is 36.4 Å². The van der Waals surface area contributed by atoms with Crippen LogP contribution in [-0.4, -0.2) is 18.0 Å². The molecule has 0 atom stereocenters. The molecule has 0 N–H and O–H groups in total. The van der Waals surface area contributed by atoms with Gasteiger partial charge in [0.15, 0.2) is 0 Å². The van der Waals surface area contributed by atoms with Gasteiger partial charge in [-0.25, -0.2) is 0 Å². The second kappa shape index (κ2) is 6.22. The van der Waals surface area contributed by atoms with Gasteiger partial charge in [0, 0.05) is 5.33 Å². The molecule has 0 aromatic heterocycles. The first-order chi connectivity index (χ1) is 7.99. The summed E-state index contributed by atoms with van der Waals surface area (Å²) in [6.07, 6.45) is 0. The summed E-state index contributed by atoms with van der Waals surface area (Å²) in [5.74, 6) is 0.859. The van der Waals surface area contributed by atoms with Crippen molar-refractivity contribution in [2.75, 3.05) is 12.4 Å². The van der Waals surface area contributed by atoms with Gasteiger partial charge in [0.25, 0.3) is 0 Å². The number of hydrogen-bond donors (Lipinski definition) is 0. The van der Waals surface area contributed by atoms with Gasteiger partial charge in [0.05, 0.1) is 19.3 Å². The van der Waals surface area contributed by atoms with Gasteiger partial charge in [-0.3, -0.25) is 0 Å². The van der Waals surface area contributed by atoms with Gasteiger partial charge in [0.2, 0.25) is 0 Å². The summed E-state index contributed by atoms with van der Waals surface area (Å²) in [5.41, 5.74) is 1.84. The summed E-state index contributed by atoms with van der Waals surface area (Å²) in [7, 11) is 1.66. The summed E-state index contributed by atoms with van der Waals surface area (Å²) in [6, 6.07) is 7.88. The SMILES string of the molecule is C=C(CBr)C(C)(C)OCc1ccc(OC)cc1. The Morgan fingerprint density at radius 2 is 1.88 bits per heavy atom. The average Bonchev–Trinajstić information content (AvgIpc) is 2.36. The number of halogens is 1. The van der Waals surface area contributed by atoms with Crippen molar-refractivity contribution in [2.45, 2.75) is 26.1 Å². The van der Waals surface area contributed by atoms with Crippen LogP contribution in [0, 0.1) is 0 Å². The molecule has 0 saturated carbocycles. The Bertz CT molecular complexity index is 368. The number of hydrogen-bond acceptors (Lipinski definition) is 2. The number of rotatable bonds is 6. The molecule has 2 nitrogen and oxygen atoms in total. The molecule has 1 rings (SSSR count). The zero-order chi connectivity index (χ0) is 12.9. The molecular weight excluding hydrogens is 280 g/mol. The Morgan fingerprint density at radius 1 is 1.29 bits per heavy atom. The largest absolute Gasteiger partial charge is 0.497 e. The second-order valence-electron chi connectivity index (χ2n) is 4.38. The van der Waals surface area contributed by atoms with E-state index in [0.29, 0.717) is 6.61 Å². The Labute approximate surface area is 112 Å². The van der Waals surface area contributed by atoms with E-state index in [1.165, 1.54) is 0 Å². The van der Waals surface area contributed by atoms with E-state index in [1.54, 1.807) is 7.11 Å². The standard InChI is InChI=1S/C14H19BrO2/c1-11(9-15)14(2,3)17-10-12-5-7-13(16-4)8-6-12/h5-8H,1,9-10H2,2-4H3. The van der Waals surface area contributed by atoms with E-state index in [-0.39, 0.29) is 5.60 Å². The van der Waals surface area contributed by atoms with E-state index in [1.807, 2.05) is 38.1 Å². The van der Waals surface area contributed by atoms with E-state index < -0.39 is 0 Å². The normalized spacial score (nSPS) is 11.3. The van der Waals surface area contributed by atoms with Crippen molar-refractivity contribution < 1.29 is 9.47 Å². The lowest BCUT2D eigenvalue weighted by atomic mass is 10.0. The summed E-state index contributed by atoms with van der Waals surface area (Å²) in [5, 5.41) is 0.753. The Morgan fingerprint density at radius 3 is 2.35 bits per heavy atom. The smallest absolute Gasteiger partial charge is 0.118 e. The minimum atomic E-state index is -0.316. The molecule has 17 heavy (non-hydrogen) atoms. The topological polar surface area (TPSA) is 18.5 Å². The van der Waals surface area contributed by atoms with Crippen LogP contribution in [0.3, 0.4) is 0 Å². The zero-order valence-corrected chi connectivity index (χ0v) is 12.2. The van der Waals surface area contributed by atoms with Crippen molar-refractivity contribution in [3.63, 3.8) is 0 Å². The van der Waals surface area contributed by atoms with Crippen LogP contribution in [-0.2, 0) is 11.3 Å². The van der Waals surface area contributed by atoms with Crippen LogP contribution in [0.1, 0.15) is 19.4 Å². The highest BCUT2D eigenvalue weighted by Gasteiger charge is 2.21. The molecule has 94 valence electrons. The highest BCUT2D eigenvalue weighted by molar-refractivity contribution is 9.09. The van der Waals surface area contributed by atoms with Crippen molar-refractivity contribution in [1.82, 2.24) is 0 Å². The van der Waals surface area contributed by atoms with Gasteiger partial charge < -0.3 is 9.47 Å². The van der Waals surface area contributed by atoms with E-state index in [2.05, 4.69) is 22.5 Å². The predicted octanol–water partition coefficient (Wildman–Crippen LogP) is 3.94. The fourth-order valence-corrected chi connectivity index (χ4v) is 1.92. The van der Waals surface area contributed by atoms with E-state index in [9.17, 15) is 0 Å². The van der Waals surface area contributed by atoms with Crippen molar-refractivity contribution in [2.24, 2.45) is 0 Å². The molecule has 0 radical (unpaired) electrons. The maximum Gasteiger partial charge on any atom is 0.118 e. The van der Waals surface area contributed by atoms with Gasteiger partial charge in [0.1, 0.15) is 5.75 Å². The molecule has 0 bridgehead atoms. The van der Waals surface area contributed by atoms with Crippen LogP contribution >= 0.6 is 15.9 Å². The molecule has 0 spiro atoms. The Hall–Kier alpha value is -0.800. The molecule has 0 unspecified atom stereocenters. The van der Waals surface area contributed by atoms with Gasteiger partial charge in [-0.05, 0) is 37.1 Å². The quantitative estimate of drug-likeness (QED) is 0.585. The van der Waals surface area contributed by atoms with Gasteiger partial charge in [-0.2, -0.15) is 0 Å². The van der Waals surface area contributed by atoms with E-state index >= 15 is 0 Å². The monoisotopic (exact) mass is 298 g/mol. The third-order valence-corrected chi connectivity index (χ3v) is 3.45. The lowest BCUT2D eigenvalue weighted by molar-refractivity contribution is -0.000711. The molecular formula is C14H19BrO2. The molecule has 0 aliphatic heterocycles.